The Balaban J connectivity index is 0.00000220. The van der Waals surface area contributed by atoms with Crippen LogP contribution in [0.5, 0.6) is 0 Å². The minimum absolute atomic E-state index is 0. The van der Waals surface area contributed by atoms with Crippen molar-refractivity contribution in [2.75, 3.05) is 13.1 Å². The molecular weight excluding hydrogens is 294 g/mol. The van der Waals surface area contributed by atoms with Crippen LogP contribution in [0.2, 0.25) is 0 Å². The van der Waals surface area contributed by atoms with Crippen LogP contribution in [-0.2, 0) is 17.9 Å². The van der Waals surface area contributed by atoms with E-state index in [9.17, 15) is 4.79 Å². The van der Waals surface area contributed by atoms with E-state index in [1.54, 1.807) is 0 Å². The van der Waals surface area contributed by atoms with Gasteiger partial charge < -0.3 is 15.2 Å². The molecular formula is C13H24ClN5O2. The number of carbonyl (C=O) groups is 1. The number of halogens is 1. The zero-order valence-electron chi connectivity index (χ0n) is 13.0. The first-order chi connectivity index (χ1) is 9.33. The zero-order valence-corrected chi connectivity index (χ0v) is 13.8. The average Bonchev–Trinajstić information content (AvgIpc) is 2.73. The summed E-state index contributed by atoms with van der Waals surface area (Å²) in [6.45, 7) is 10.2. The lowest BCUT2D eigenvalue weighted by atomic mass is 9.96. The van der Waals surface area contributed by atoms with Gasteiger partial charge in [-0.1, -0.05) is 5.16 Å². The third kappa shape index (κ3) is 3.93. The van der Waals surface area contributed by atoms with E-state index in [-0.39, 0.29) is 36.4 Å². The van der Waals surface area contributed by atoms with Crippen LogP contribution in [-0.4, -0.2) is 50.5 Å². The summed E-state index contributed by atoms with van der Waals surface area (Å²) in [6, 6.07) is 0.202. The number of carbonyl (C=O) groups excluding carboxylic acids is 1. The Labute approximate surface area is 131 Å². The number of hydrogen-bond acceptors (Lipinski definition) is 6. The van der Waals surface area contributed by atoms with Gasteiger partial charge in [-0.2, -0.15) is 4.98 Å². The molecule has 120 valence electrons. The molecule has 21 heavy (non-hydrogen) atoms. The van der Waals surface area contributed by atoms with Crippen LogP contribution in [0.3, 0.4) is 0 Å². The van der Waals surface area contributed by atoms with E-state index in [2.05, 4.69) is 24.0 Å². The van der Waals surface area contributed by atoms with Crippen molar-refractivity contribution in [1.29, 1.82) is 0 Å². The van der Waals surface area contributed by atoms with Gasteiger partial charge in [0, 0.05) is 12.6 Å². The molecule has 1 aliphatic rings. The van der Waals surface area contributed by atoms with Gasteiger partial charge in [0.15, 0.2) is 5.82 Å². The highest BCUT2D eigenvalue weighted by atomic mass is 35.5. The van der Waals surface area contributed by atoms with Crippen molar-refractivity contribution in [3.8, 4) is 0 Å². The molecule has 2 heterocycles. The smallest absolute Gasteiger partial charge is 0.240 e. The Morgan fingerprint density at radius 2 is 2.10 bits per heavy atom. The van der Waals surface area contributed by atoms with E-state index >= 15 is 0 Å². The highest BCUT2D eigenvalue weighted by Crippen LogP contribution is 2.25. The molecule has 0 spiro atoms. The maximum Gasteiger partial charge on any atom is 0.240 e. The largest absolute Gasteiger partial charge is 0.338 e. The van der Waals surface area contributed by atoms with Crippen LogP contribution in [0.25, 0.3) is 0 Å². The molecule has 1 aliphatic heterocycles. The SMILES string of the molecule is CC(C)N1C(=O)CN(Cc2noc(CN)n2)CC1(C)C.Cl. The van der Waals surface area contributed by atoms with Crippen LogP contribution < -0.4 is 5.73 Å². The van der Waals surface area contributed by atoms with Crippen LogP contribution in [0.15, 0.2) is 4.52 Å². The van der Waals surface area contributed by atoms with Gasteiger partial charge in [0.25, 0.3) is 0 Å². The molecule has 0 aliphatic carbocycles. The molecule has 2 rings (SSSR count). The number of nitrogens with zero attached hydrogens (tertiary/aromatic N) is 4. The summed E-state index contributed by atoms with van der Waals surface area (Å²) in [5.74, 6) is 1.14. The number of piperazine rings is 1. The highest BCUT2D eigenvalue weighted by Gasteiger charge is 2.39. The number of hydrogen-bond donors (Lipinski definition) is 1. The van der Waals surface area contributed by atoms with Gasteiger partial charge in [-0.05, 0) is 27.7 Å². The van der Waals surface area contributed by atoms with Crippen molar-refractivity contribution in [2.45, 2.75) is 52.4 Å². The number of rotatable bonds is 4. The maximum absolute atomic E-state index is 12.3. The molecule has 0 saturated carbocycles. The fraction of sp³-hybridized carbons (Fsp3) is 0.769. The molecule has 1 saturated heterocycles. The van der Waals surface area contributed by atoms with Gasteiger partial charge in [0.1, 0.15) is 0 Å². The molecule has 1 aromatic rings. The Bertz CT molecular complexity index is 489. The molecule has 0 bridgehead atoms. The van der Waals surface area contributed by atoms with E-state index in [1.165, 1.54) is 0 Å². The van der Waals surface area contributed by atoms with Crippen molar-refractivity contribution < 1.29 is 9.32 Å². The predicted octanol–water partition coefficient (Wildman–Crippen LogP) is 0.781. The molecule has 0 aromatic carbocycles. The van der Waals surface area contributed by atoms with Gasteiger partial charge in [-0.15, -0.1) is 12.4 Å². The highest BCUT2D eigenvalue weighted by molar-refractivity contribution is 5.85. The molecule has 0 unspecified atom stereocenters. The van der Waals surface area contributed by atoms with Crippen LogP contribution in [0.1, 0.15) is 39.4 Å². The van der Waals surface area contributed by atoms with E-state index in [0.717, 1.165) is 6.54 Å². The summed E-state index contributed by atoms with van der Waals surface area (Å²) in [6.07, 6.45) is 0. The molecule has 7 nitrogen and oxygen atoms in total. The predicted molar refractivity (Wildman–Crippen MR) is 80.8 cm³/mol. The quantitative estimate of drug-likeness (QED) is 0.883. The van der Waals surface area contributed by atoms with Crippen LogP contribution >= 0.6 is 12.4 Å². The van der Waals surface area contributed by atoms with E-state index in [0.29, 0.717) is 24.8 Å². The van der Waals surface area contributed by atoms with Gasteiger partial charge in [0.05, 0.1) is 25.2 Å². The molecule has 8 heteroatoms. The number of nitrogens with two attached hydrogens (primary N) is 1. The molecule has 1 amide bonds. The van der Waals surface area contributed by atoms with Gasteiger partial charge in [-0.25, -0.2) is 0 Å². The minimum Gasteiger partial charge on any atom is -0.338 e. The van der Waals surface area contributed by atoms with Crippen molar-refractivity contribution in [2.24, 2.45) is 5.73 Å². The second-order valence-electron chi connectivity index (χ2n) is 6.12. The topological polar surface area (TPSA) is 88.5 Å². The summed E-state index contributed by atoms with van der Waals surface area (Å²) >= 11 is 0. The van der Waals surface area contributed by atoms with Crippen molar-refractivity contribution in [1.82, 2.24) is 19.9 Å². The number of amides is 1. The molecule has 0 atom stereocenters. The normalized spacial score (nSPS) is 19.0. The summed E-state index contributed by atoms with van der Waals surface area (Å²) in [5, 5.41) is 3.88. The van der Waals surface area contributed by atoms with Gasteiger partial charge in [0.2, 0.25) is 11.8 Å². The second-order valence-corrected chi connectivity index (χ2v) is 6.12. The summed E-state index contributed by atoms with van der Waals surface area (Å²) < 4.78 is 4.99. The van der Waals surface area contributed by atoms with Crippen molar-refractivity contribution >= 4 is 18.3 Å². The van der Waals surface area contributed by atoms with Gasteiger partial charge >= 0.3 is 0 Å². The average molecular weight is 318 g/mol. The molecule has 1 aromatic heterocycles. The summed E-state index contributed by atoms with van der Waals surface area (Å²) in [4.78, 5) is 20.5. The van der Waals surface area contributed by atoms with E-state index < -0.39 is 0 Å². The first-order valence-electron chi connectivity index (χ1n) is 6.89. The van der Waals surface area contributed by atoms with Crippen LogP contribution in [0.4, 0.5) is 0 Å². The Hall–Kier alpha value is -1.18. The fourth-order valence-electron chi connectivity index (χ4n) is 3.02. The van der Waals surface area contributed by atoms with Crippen molar-refractivity contribution in [3.63, 3.8) is 0 Å². The molecule has 0 radical (unpaired) electrons. The lowest BCUT2D eigenvalue weighted by Gasteiger charge is -2.48. The second kappa shape index (κ2) is 6.72. The fourth-order valence-corrected chi connectivity index (χ4v) is 3.02. The third-order valence-corrected chi connectivity index (χ3v) is 3.46. The van der Waals surface area contributed by atoms with Gasteiger partial charge in [-0.3, -0.25) is 9.69 Å². The zero-order chi connectivity index (χ0) is 14.9. The number of aromatic nitrogens is 2. The van der Waals surface area contributed by atoms with E-state index in [4.69, 9.17) is 10.3 Å². The van der Waals surface area contributed by atoms with E-state index in [1.807, 2.05) is 23.6 Å². The summed E-state index contributed by atoms with van der Waals surface area (Å²) in [7, 11) is 0. The first-order valence-corrected chi connectivity index (χ1v) is 6.89. The Kier molecular flexibility index (Phi) is 5.72. The Morgan fingerprint density at radius 3 is 2.57 bits per heavy atom. The monoisotopic (exact) mass is 317 g/mol. The van der Waals surface area contributed by atoms with Crippen molar-refractivity contribution in [3.05, 3.63) is 11.7 Å². The van der Waals surface area contributed by atoms with Crippen LogP contribution in [0, 0.1) is 0 Å². The lowest BCUT2D eigenvalue weighted by molar-refractivity contribution is -0.148. The maximum atomic E-state index is 12.3. The first kappa shape index (κ1) is 17.9. The molecule has 2 N–H and O–H groups in total. The standard InChI is InChI=1S/C13H23N5O2.ClH/c1-9(2)18-12(19)7-17(8-13(18,3)4)6-10-15-11(5-14)20-16-10;/h9H,5-8,14H2,1-4H3;1H. The summed E-state index contributed by atoms with van der Waals surface area (Å²) in [5.41, 5.74) is 5.24. The third-order valence-electron chi connectivity index (χ3n) is 3.46. The molecule has 1 fully saturated rings. The minimum atomic E-state index is -0.204. The Morgan fingerprint density at radius 1 is 1.43 bits per heavy atom. The lowest BCUT2D eigenvalue weighted by Crippen LogP contribution is -2.63.